The molecule has 0 saturated heterocycles. The van der Waals surface area contributed by atoms with Crippen molar-refractivity contribution in [2.75, 3.05) is 31.6 Å². The zero-order valence-corrected chi connectivity index (χ0v) is 10.8. The number of nitro groups is 1. The summed E-state index contributed by atoms with van der Waals surface area (Å²) in [5.41, 5.74) is 6.24. The van der Waals surface area contributed by atoms with E-state index in [0.29, 0.717) is 25.4 Å². The first kappa shape index (κ1) is 14.2. The van der Waals surface area contributed by atoms with Crippen molar-refractivity contribution in [2.45, 2.75) is 13.3 Å². The molecule has 0 amide bonds. The summed E-state index contributed by atoms with van der Waals surface area (Å²) in [6, 6.07) is 4.75. The van der Waals surface area contributed by atoms with Crippen molar-refractivity contribution in [3.8, 4) is 5.75 Å². The first-order chi connectivity index (χ1) is 8.58. The number of nitrogens with zero attached hydrogens (tertiary/aromatic N) is 2. The summed E-state index contributed by atoms with van der Waals surface area (Å²) in [5.74, 6) is 0.518. The van der Waals surface area contributed by atoms with Crippen LogP contribution in [0, 0.1) is 10.1 Å². The van der Waals surface area contributed by atoms with E-state index in [-0.39, 0.29) is 5.69 Å². The first-order valence-corrected chi connectivity index (χ1v) is 5.92. The van der Waals surface area contributed by atoms with Gasteiger partial charge in [-0.1, -0.05) is 6.92 Å². The molecule has 0 bridgehead atoms. The van der Waals surface area contributed by atoms with Crippen LogP contribution < -0.4 is 15.4 Å². The molecule has 100 valence electrons. The van der Waals surface area contributed by atoms with Crippen LogP contribution in [0.3, 0.4) is 0 Å². The number of likely N-dealkylation sites (N-methyl/N-ethyl adjacent to an activating group) is 1. The minimum Gasteiger partial charge on any atom is -0.493 e. The third-order valence-corrected chi connectivity index (χ3v) is 2.47. The normalized spacial score (nSPS) is 10.2. The summed E-state index contributed by atoms with van der Waals surface area (Å²) in [7, 11) is 1.84. The van der Waals surface area contributed by atoms with E-state index in [0.717, 1.165) is 12.1 Å². The predicted molar refractivity (Wildman–Crippen MR) is 71.2 cm³/mol. The zero-order valence-electron chi connectivity index (χ0n) is 10.8. The average Bonchev–Trinajstić information content (AvgIpc) is 2.36. The fourth-order valence-corrected chi connectivity index (χ4v) is 1.52. The summed E-state index contributed by atoms with van der Waals surface area (Å²) in [5, 5.41) is 10.9. The Morgan fingerprint density at radius 2 is 2.17 bits per heavy atom. The summed E-state index contributed by atoms with van der Waals surface area (Å²) in [6.45, 7) is 3.65. The summed E-state index contributed by atoms with van der Waals surface area (Å²) in [6.07, 6.45) is 0.858. The predicted octanol–water partition coefficient (Wildman–Crippen LogP) is 1.78. The lowest BCUT2D eigenvalue weighted by Gasteiger charge is -2.19. The molecule has 0 fully saturated rings. The molecular weight excluding hydrogens is 234 g/mol. The van der Waals surface area contributed by atoms with Gasteiger partial charge in [0.1, 0.15) is 5.75 Å². The Morgan fingerprint density at radius 3 is 2.72 bits per heavy atom. The van der Waals surface area contributed by atoms with Gasteiger partial charge in [-0.05, 0) is 6.42 Å². The SMILES string of the molecule is CCCOc1cc(N(C)CCN)cc([N+](=O)[O-])c1. The smallest absolute Gasteiger partial charge is 0.275 e. The van der Waals surface area contributed by atoms with Gasteiger partial charge in [0, 0.05) is 38.0 Å². The highest BCUT2D eigenvalue weighted by molar-refractivity contribution is 5.57. The lowest BCUT2D eigenvalue weighted by molar-refractivity contribution is -0.384. The molecule has 6 nitrogen and oxygen atoms in total. The molecule has 0 aliphatic rings. The van der Waals surface area contributed by atoms with Gasteiger partial charge in [-0.2, -0.15) is 0 Å². The van der Waals surface area contributed by atoms with Crippen LogP contribution >= 0.6 is 0 Å². The van der Waals surface area contributed by atoms with Gasteiger partial charge < -0.3 is 15.4 Å². The Morgan fingerprint density at radius 1 is 1.44 bits per heavy atom. The van der Waals surface area contributed by atoms with Crippen molar-refractivity contribution in [2.24, 2.45) is 5.73 Å². The number of rotatable bonds is 7. The summed E-state index contributed by atoms with van der Waals surface area (Å²) < 4.78 is 5.45. The number of nitrogens with two attached hydrogens (primary N) is 1. The van der Waals surface area contributed by atoms with Crippen LogP contribution in [0.25, 0.3) is 0 Å². The van der Waals surface area contributed by atoms with Gasteiger partial charge in [0.05, 0.1) is 17.6 Å². The van der Waals surface area contributed by atoms with Crippen LogP contribution in [0.2, 0.25) is 0 Å². The van der Waals surface area contributed by atoms with Crippen molar-refractivity contribution >= 4 is 11.4 Å². The second kappa shape index (κ2) is 6.80. The minimum absolute atomic E-state index is 0.0301. The van der Waals surface area contributed by atoms with E-state index in [2.05, 4.69) is 0 Å². The van der Waals surface area contributed by atoms with Crippen molar-refractivity contribution < 1.29 is 9.66 Å². The largest absolute Gasteiger partial charge is 0.493 e. The lowest BCUT2D eigenvalue weighted by Crippen LogP contribution is -2.25. The number of hydrogen-bond acceptors (Lipinski definition) is 5. The molecule has 18 heavy (non-hydrogen) atoms. The molecule has 6 heteroatoms. The topological polar surface area (TPSA) is 81.6 Å². The molecule has 0 aliphatic carbocycles. The molecule has 0 unspecified atom stereocenters. The Bertz CT molecular complexity index is 410. The lowest BCUT2D eigenvalue weighted by atomic mass is 10.2. The quantitative estimate of drug-likeness (QED) is 0.591. The van der Waals surface area contributed by atoms with E-state index >= 15 is 0 Å². The molecule has 2 N–H and O–H groups in total. The van der Waals surface area contributed by atoms with E-state index in [1.807, 2.05) is 18.9 Å². The van der Waals surface area contributed by atoms with Crippen molar-refractivity contribution in [1.82, 2.24) is 0 Å². The van der Waals surface area contributed by atoms with Gasteiger partial charge in [-0.25, -0.2) is 0 Å². The van der Waals surface area contributed by atoms with Crippen LogP contribution in [0.15, 0.2) is 18.2 Å². The van der Waals surface area contributed by atoms with Crippen LogP contribution in [-0.4, -0.2) is 31.7 Å². The molecule has 1 rings (SSSR count). The number of anilines is 1. The van der Waals surface area contributed by atoms with Gasteiger partial charge in [0.15, 0.2) is 0 Å². The van der Waals surface area contributed by atoms with Gasteiger partial charge in [0.25, 0.3) is 5.69 Å². The van der Waals surface area contributed by atoms with E-state index in [1.165, 1.54) is 12.1 Å². The van der Waals surface area contributed by atoms with Crippen LogP contribution in [0.1, 0.15) is 13.3 Å². The van der Waals surface area contributed by atoms with E-state index in [9.17, 15) is 10.1 Å². The fourth-order valence-electron chi connectivity index (χ4n) is 1.52. The molecule has 1 aromatic rings. The minimum atomic E-state index is -0.418. The number of benzene rings is 1. The first-order valence-electron chi connectivity index (χ1n) is 5.92. The standard InChI is InChI=1S/C12H19N3O3/c1-3-6-18-12-8-10(14(2)5-4-13)7-11(9-12)15(16)17/h7-9H,3-6,13H2,1-2H3. The Balaban J connectivity index is 3.01. The maximum atomic E-state index is 10.9. The van der Waals surface area contributed by atoms with Gasteiger partial charge in [0.2, 0.25) is 0 Å². The molecule has 1 aromatic carbocycles. The van der Waals surface area contributed by atoms with Crippen molar-refractivity contribution in [3.63, 3.8) is 0 Å². The highest BCUT2D eigenvalue weighted by atomic mass is 16.6. The number of ether oxygens (including phenoxy) is 1. The Labute approximate surface area is 106 Å². The number of nitro benzene ring substituents is 1. The Kier molecular flexibility index (Phi) is 5.38. The molecule has 0 saturated carbocycles. The van der Waals surface area contributed by atoms with Crippen LogP contribution in [0.5, 0.6) is 5.75 Å². The molecular formula is C12H19N3O3. The maximum absolute atomic E-state index is 10.9. The van der Waals surface area contributed by atoms with Crippen molar-refractivity contribution in [3.05, 3.63) is 28.3 Å². The second-order valence-electron chi connectivity index (χ2n) is 4.00. The van der Waals surface area contributed by atoms with E-state index in [4.69, 9.17) is 10.5 Å². The second-order valence-corrected chi connectivity index (χ2v) is 4.00. The molecule has 0 aromatic heterocycles. The summed E-state index contributed by atoms with van der Waals surface area (Å²) in [4.78, 5) is 12.3. The maximum Gasteiger partial charge on any atom is 0.275 e. The third-order valence-electron chi connectivity index (χ3n) is 2.47. The number of hydrogen-bond donors (Lipinski definition) is 1. The fraction of sp³-hybridized carbons (Fsp3) is 0.500. The van der Waals surface area contributed by atoms with E-state index in [1.54, 1.807) is 6.07 Å². The van der Waals surface area contributed by atoms with Crippen molar-refractivity contribution in [1.29, 1.82) is 0 Å². The average molecular weight is 253 g/mol. The molecule has 0 spiro atoms. The summed E-state index contributed by atoms with van der Waals surface area (Å²) >= 11 is 0. The highest BCUT2D eigenvalue weighted by Crippen LogP contribution is 2.27. The molecule has 0 heterocycles. The molecule has 0 atom stereocenters. The van der Waals surface area contributed by atoms with Gasteiger partial charge >= 0.3 is 0 Å². The van der Waals surface area contributed by atoms with Gasteiger partial charge in [-0.15, -0.1) is 0 Å². The Hall–Kier alpha value is -1.82. The van der Waals surface area contributed by atoms with E-state index < -0.39 is 4.92 Å². The van der Waals surface area contributed by atoms with Crippen LogP contribution in [-0.2, 0) is 0 Å². The third kappa shape index (κ3) is 3.89. The highest BCUT2D eigenvalue weighted by Gasteiger charge is 2.12. The zero-order chi connectivity index (χ0) is 13.5. The molecule has 0 radical (unpaired) electrons. The van der Waals surface area contributed by atoms with Crippen LogP contribution in [0.4, 0.5) is 11.4 Å². The van der Waals surface area contributed by atoms with Gasteiger partial charge in [-0.3, -0.25) is 10.1 Å². The molecule has 0 aliphatic heterocycles. The number of non-ortho nitro benzene ring substituents is 1. The monoisotopic (exact) mass is 253 g/mol.